The first-order valence-corrected chi connectivity index (χ1v) is 17.1. The van der Waals surface area contributed by atoms with Gasteiger partial charge in [-0.25, -0.2) is 15.0 Å². The largest absolute Gasteiger partial charge is 0.256 e. The highest BCUT2D eigenvalue weighted by Crippen LogP contribution is 2.49. The molecule has 6 aromatic carbocycles. The summed E-state index contributed by atoms with van der Waals surface area (Å²) in [5, 5.41) is 7.14. The van der Waals surface area contributed by atoms with Gasteiger partial charge in [-0.1, -0.05) is 146 Å². The van der Waals surface area contributed by atoms with E-state index in [1.807, 2.05) is 30.5 Å². The minimum Gasteiger partial charge on any atom is -0.256 e. The maximum atomic E-state index is 5.46. The first-order valence-electron chi connectivity index (χ1n) is 17.1. The summed E-state index contributed by atoms with van der Waals surface area (Å²) in [6.45, 7) is 0. The summed E-state index contributed by atoms with van der Waals surface area (Å²) in [5.41, 5.74) is 7.66. The van der Waals surface area contributed by atoms with Crippen LogP contribution in [0.25, 0.3) is 60.7 Å². The zero-order valence-electron chi connectivity index (χ0n) is 27.1. The van der Waals surface area contributed by atoms with E-state index < -0.39 is 0 Å². The Morgan fingerprint density at radius 3 is 2.12 bits per heavy atom. The van der Waals surface area contributed by atoms with E-state index in [0.717, 1.165) is 39.2 Å². The highest BCUT2D eigenvalue weighted by Gasteiger charge is 2.38. The van der Waals surface area contributed by atoms with Crippen LogP contribution in [0.5, 0.6) is 0 Å². The van der Waals surface area contributed by atoms with Crippen molar-refractivity contribution in [2.75, 3.05) is 0 Å². The van der Waals surface area contributed by atoms with Gasteiger partial charge in [0.15, 0.2) is 11.6 Å². The fraction of sp³-hybridized carbons (Fsp3) is 0.0435. The summed E-state index contributed by atoms with van der Waals surface area (Å²) < 4.78 is 0. The number of benzene rings is 6. The Morgan fingerprint density at radius 2 is 1.24 bits per heavy atom. The SMILES string of the molecule is C1=CC2=C(c3ccccn3)c3ccccc3C(c3nc(-c4ccccc4)nc(-c4cc5c6ccccc6ccc5c5ccccc45)n3)C2C=C1. The number of aromatic nitrogens is 4. The monoisotopic (exact) mass is 638 g/mol. The van der Waals surface area contributed by atoms with E-state index in [1.54, 1.807) is 0 Å². The van der Waals surface area contributed by atoms with E-state index >= 15 is 0 Å². The second-order valence-corrected chi connectivity index (χ2v) is 12.9. The van der Waals surface area contributed by atoms with Crippen LogP contribution in [0.1, 0.15) is 28.6 Å². The summed E-state index contributed by atoms with van der Waals surface area (Å²) in [5.74, 6) is 1.98. The molecule has 0 spiro atoms. The molecule has 0 aliphatic heterocycles. The third-order valence-electron chi connectivity index (χ3n) is 10.2. The smallest absolute Gasteiger partial charge is 0.164 e. The number of nitrogens with zero attached hydrogens (tertiary/aromatic N) is 4. The first-order chi connectivity index (χ1) is 24.8. The number of pyridine rings is 1. The zero-order chi connectivity index (χ0) is 33.0. The summed E-state index contributed by atoms with van der Waals surface area (Å²) in [6, 6.07) is 49.0. The Labute approximate surface area is 289 Å². The van der Waals surface area contributed by atoms with Gasteiger partial charge in [-0.05, 0) is 67.2 Å². The molecule has 0 amide bonds. The Kier molecular flexibility index (Phi) is 6.59. The zero-order valence-corrected chi connectivity index (χ0v) is 27.1. The molecular weight excluding hydrogens is 609 g/mol. The van der Waals surface area contributed by atoms with Crippen LogP contribution in [0.15, 0.2) is 176 Å². The normalized spacial score (nSPS) is 16.6. The summed E-state index contributed by atoms with van der Waals surface area (Å²) in [6.07, 6.45) is 10.7. The third kappa shape index (κ3) is 4.53. The maximum absolute atomic E-state index is 5.46. The van der Waals surface area contributed by atoms with Crippen LogP contribution < -0.4 is 0 Å². The molecule has 0 N–H and O–H groups in total. The third-order valence-corrected chi connectivity index (χ3v) is 10.2. The van der Waals surface area contributed by atoms with Crippen LogP contribution in [-0.4, -0.2) is 19.9 Å². The molecule has 10 rings (SSSR count). The van der Waals surface area contributed by atoms with E-state index in [1.165, 1.54) is 38.1 Å². The number of rotatable bonds is 4. The van der Waals surface area contributed by atoms with E-state index in [0.29, 0.717) is 11.6 Å². The average molecular weight is 639 g/mol. The molecule has 2 unspecified atom stereocenters. The van der Waals surface area contributed by atoms with Crippen LogP contribution in [-0.2, 0) is 0 Å². The van der Waals surface area contributed by atoms with E-state index in [2.05, 4.69) is 140 Å². The lowest BCUT2D eigenvalue weighted by molar-refractivity contribution is 0.610. The Bertz CT molecular complexity index is 2710. The minimum atomic E-state index is -0.133. The van der Waals surface area contributed by atoms with Crippen molar-refractivity contribution in [1.29, 1.82) is 0 Å². The average Bonchev–Trinajstić information content (AvgIpc) is 3.20. The van der Waals surface area contributed by atoms with Crippen LogP contribution in [0, 0.1) is 5.92 Å². The molecule has 0 saturated heterocycles. The van der Waals surface area contributed by atoms with Gasteiger partial charge in [-0.15, -0.1) is 0 Å². The van der Waals surface area contributed by atoms with E-state index in [-0.39, 0.29) is 11.8 Å². The summed E-state index contributed by atoms with van der Waals surface area (Å²) in [7, 11) is 0. The standard InChI is InChI=1S/C46H30N4/c1-2-15-30(16-3-1)44-48-45(40-28-39-31-17-5-4-14-29(31)25-26-34(39)32-18-6-7-19-33(32)40)50-46(49-44)43-37-22-10-8-20-35(37)42(41-24-12-13-27-47-41)36-21-9-11-23-38(36)43/h1-28,37,43H. The number of allylic oxidation sites excluding steroid dienone is 5. The van der Waals surface area contributed by atoms with E-state index in [4.69, 9.17) is 19.9 Å². The quantitative estimate of drug-likeness (QED) is 0.180. The Hall–Kier alpha value is -6.52. The van der Waals surface area contributed by atoms with Gasteiger partial charge in [0.2, 0.25) is 0 Å². The molecule has 2 aliphatic carbocycles. The van der Waals surface area contributed by atoms with Gasteiger partial charge in [0.25, 0.3) is 0 Å². The lowest BCUT2D eigenvalue weighted by Gasteiger charge is -2.35. The molecule has 2 aromatic heterocycles. The van der Waals surface area contributed by atoms with Crippen molar-refractivity contribution in [3.63, 3.8) is 0 Å². The van der Waals surface area contributed by atoms with Crippen LogP contribution in [0.4, 0.5) is 0 Å². The van der Waals surface area contributed by atoms with Crippen LogP contribution in [0.3, 0.4) is 0 Å². The topological polar surface area (TPSA) is 51.6 Å². The second kappa shape index (κ2) is 11.6. The highest BCUT2D eigenvalue weighted by molar-refractivity contribution is 6.20. The van der Waals surface area contributed by atoms with Crippen molar-refractivity contribution in [3.8, 4) is 22.8 Å². The summed E-state index contributed by atoms with van der Waals surface area (Å²) in [4.78, 5) is 20.8. The Balaban J connectivity index is 1.26. The van der Waals surface area contributed by atoms with Crippen molar-refractivity contribution < 1.29 is 0 Å². The molecule has 0 fully saturated rings. The van der Waals surface area contributed by atoms with Gasteiger partial charge in [-0.3, -0.25) is 4.98 Å². The highest BCUT2D eigenvalue weighted by atomic mass is 15.0. The number of hydrogen-bond acceptors (Lipinski definition) is 4. The fourth-order valence-electron chi connectivity index (χ4n) is 7.95. The minimum absolute atomic E-state index is 0.0167. The van der Waals surface area contributed by atoms with Crippen molar-refractivity contribution in [2.45, 2.75) is 5.92 Å². The van der Waals surface area contributed by atoms with Gasteiger partial charge in [0, 0.05) is 28.8 Å². The van der Waals surface area contributed by atoms with Crippen molar-refractivity contribution in [3.05, 3.63) is 198 Å². The molecule has 0 saturated carbocycles. The fourth-order valence-corrected chi connectivity index (χ4v) is 7.95. The number of hydrogen-bond donors (Lipinski definition) is 0. The molecule has 4 heteroatoms. The molecule has 234 valence electrons. The molecule has 2 atom stereocenters. The van der Waals surface area contributed by atoms with Gasteiger partial charge >= 0.3 is 0 Å². The van der Waals surface area contributed by atoms with Crippen molar-refractivity contribution in [1.82, 2.24) is 19.9 Å². The first kappa shape index (κ1) is 28.5. The molecule has 2 heterocycles. The molecule has 2 aliphatic rings. The lowest BCUT2D eigenvalue weighted by Crippen LogP contribution is -2.25. The van der Waals surface area contributed by atoms with Gasteiger partial charge in [0.05, 0.1) is 11.6 Å². The molecule has 0 bridgehead atoms. The van der Waals surface area contributed by atoms with Crippen LogP contribution >= 0.6 is 0 Å². The number of fused-ring (bicyclic) bond motifs is 7. The molecule has 8 aromatic rings. The van der Waals surface area contributed by atoms with Gasteiger partial charge in [-0.2, -0.15) is 0 Å². The summed E-state index contributed by atoms with van der Waals surface area (Å²) >= 11 is 0. The second-order valence-electron chi connectivity index (χ2n) is 12.9. The van der Waals surface area contributed by atoms with Crippen molar-refractivity contribution in [2.24, 2.45) is 5.92 Å². The molecule has 4 nitrogen and oxygen atoms in total. The van der Waals surface area contributed by atoms with E-state index in [9.17, 15) is 0 Å². The van der Waals surface area contributed by atoms with Crippen molar-refractivity contribution >= 4 is 37.9 Å². The maximum Gasteiger partial charge on any atom is 0.164 e. The van der Waals surface area contributed by atoms with Gasteiger partial charge < -0.3 is 0 Å². The van der Waals surface area contributed by atoms with Crippen LogP contribution in [0.2, 0.25) is 0 Å². The molecule has 50 heavy (non-hydrogen) atoms. The lowest BCUT2D eigenvalue weighted by atomic mass is 9.69. The predicted octanol–water partition coefficient (Wildman–Crippen LogP) is 10.7. The van der Waals surface area contributed by atoms with Gasteiger partial charge in [0.1, 0.15) is 5.82 Å². The Morgan fingerprint density at radius 1 is 0.500 bits per heavy atom. The molecule has 0 radical (unpaired) electrons. The predicted molar refractivity (Wildman–Crippen MR) is 204 cm³/mol. The molecular formula is C46H30N4.